The molecule has 0 radical (unpaired) electrons. The van der Waals surface area contributed by atoms with E-state index in [0.29, 0.717) is 24.8 Å². The third kappa shape index (κ3) is 3.58. The Morgan fingerprint density at radius 3 is 2.73 bits per heavy atom. The van der Waals surface area contributed by atoms with Crippen molar-refractivity contribution >= 4 is 11.7 Å². The molecule has 26 heavy (non-hydrogen) atoms. The molecule has 0 spiro atoms. The summed E-state index contributed by atoms with van der Waals surface area (Å²) in [6.45, 7) is 3.29. The number of anilines is 1. The second-order valence-corrected chi connectivity index (χ2v) is 7.24. The fourth-order valence-corrected chi connectivity index (χ4v) is 3.70. The van der Waals surface area contributed by atoms with Crippen molar-refractivity contribution < 1.29 is 14.3 Å². The van der Waals surface area contributed by atoms with Crippen LogP contribution in [0.2, 0.25) is 0 Å². The van der Waals surface area contributed by atoms with E-state index < -0.39 is 0 Å². The summed E-state index contributed by atoms with van der Waals surface area (Å²) in [6, 6.07) is 5.72. The van der Waals surface area contributed by atoms with E-state index in [1.807, 2.05) is 17.9 Å². The van der Waals surface area contributed by atoms with Crippen molar-refractivity contribution in [3.8, 4) is 0 Å². The van der Waals surface area contributed by atoms with Gasteiger partial charge in [-0.15, -0.1) is 0 Å². The molecular formula is C19H24N4O3. The highest BCUT2D eigenvalue weighted by molar-refractivity contribution is 5.91. The monoisotopic (exact) mass is 356 g/mol. The van der Waals surface area contributed by atoms with E-state index in [-0.39, 0.29) is 18.1 Å². The molecule has 7 heteroatoms. The number of rotatable bonds is 4. The maximum atomic E-state index is 12.3. The third-order valence-corrected chi connectivity index (χ3v) is 5.26. The smallest absolute Gasteiger partial charge is 0.289 e. The van der Waals surface area contributed by atoms with Crippen LogP contribution in [0.4, 0.5) is 5.82 Å². The number of aliphatic hydroxyl groups is 1. The molecule has 2 aliphatic rings. The Morgan fingerprint density at radius 2 is 2.08 bits per heavy atom. The number of hydrogen-bond acceptors (Lipinski definition) is 6. The molecule has 2 aromatic heterocycles. The average Bonchev–Trinajstić information content (AvgIpc) is 3.13. The summed E-state index contributed by atoms with van der Waals surface area (Å²) in [5.74, 6) is 2.27. The van der Waals surface area contributed by atoms with Gasteiger partial charge < -0.3 is 19.7 Å². The first-order valence-corrected chi connectivity index (χ1v) is 9.21. The first-order chi connectivity index (χ1) is 12.6. The fourth-order valence-electron chi connectivity index (χ4n) is 3.70. The number of nitrogens with one attached hydrogen (secondary N) is 1. The maximum absolute atomic E-state index is 12.3. The van der Waals surface area contributed by atoms with Crippen LogP contribution in [0.3, 0.4) is 0 Å². The zero-order chi connectivity index (χ0) is 18.1. The second kappa shape index (κ2) is 7.07. The number of nitrogens with zero attached hydrogens (tertiary/aromatic N) is 3. The first kappa shape index (κ1) is 17.0. The second-order valence-electron chi connectivity index (χ2n) is 7.24. The molecule has 138 valence electrons. The molecule has 1 aliphatic heterocycles. The number of carbonyl (C=O) groups excluding carboxylic acids is 1. The molecule has 0 bridgehead atoms. The number of aromatic nitrogens is 2. The van der Waals surface area contributed by atoms with E-state index in [2.05, 4.69) is 15.3 Å². The van der Waals surface area contributed by atoms with Gasteiger partial charge in [0.15, 0.2) is 5.76 Å². The molecule has 1 aliphatic carbocycles. The normalized spacial score (nSPS) is 23.5. The van der Waals surface area contributed by atoms with Crippen molar-refractivity contribution in [2.24, 2.45) is 0 Å². The first-order valence-electron chi connectivity index (χ1n) is 9.21. The van der Waals surface area contributed by atoms with Crippen LogP contribution >= 0.6 is 0 Å². The summed E-state index contributed by atoms with van der Waals surface area (Å²) in [6.07, 6.45) is 4.63. The zero-order valence-corrected chi connectivity index (χ0v) is 14.9. The summed E-state index contributed by atoms with van der Waals surface area (Å²) >= 11 is 0. The quantitative estimate of drug-likeness (QED) is 0.874. The average molecular weight is 356 g/mol. The van der Waals surface area contributed by atoms with Gasteiger partial charge in [-0.2, -0.15) is 0 Å². The van der Waals surface area contributed by atoms with Crippen molar-refractivity contribution in [3.63, 3.8) is 0 Å². The summed E-state index contributed by atoms with van der Waals surface area (Å²) in [5.41, 5.74) is 1.01. The summed E-state index contributed by atoms with van der Waals surface area (Å²) in [5, 5.41) is 13.0. The van der Waals surface area contributed by atoms with Crippen molar-refractivity contribution in [2.75, 3.05) is 18.4 Å². The summed E-state index contributed by atoms with van der Waals surface area (Å²) in [7, 11) is 0. The largest absolute Gasteiger partial charge is 0.459 e. The van der Waals surface area contributed by atoms with Crippen LogP contribution in [0.15, 0.2) is 28.9 Å². The minimum atomic E-state index is -0.192. The topological polar surface area (TPSA) is 91.5 Å². The lowest BCUT2D eigenvalue weighted by atomic mass is 9.80. The molecule has 1 saturated heterocycles. The lowest BCUT2D eigenvalue weighted by molar-refractivity contribution is 0.0685. The number of likely N-dealkylation sites (tertiary alicyclic amines) is 1. The molecule has 0 aromatic carbocycles. The van der Waals surface area contributed by atoms with Gasteiger partial charge in [-0.3, -0.25) is 4.79 Å². The van der Waals surface area contributed by atoms with Crippen molar-refractivity contribution in [2.45, 2.75) is 50.7 Å². The van der Waals surface area contributed by atoms with Gasteiger partial charge in [-0.25, -0.2) is 9.97 Å². The molecule has 4 rings (SSSR count). The van der Waals surface area contributed by atoms with Crippen LogP contribution in [0.5, 0.6) is 0 Å². The molecule has 0 unspecified atom stereocenters. The lowest BCUT2D eigenvalue weighted by Gasteiger charge is -2.33. The van der Waals surface area contributed by atoms with Gasteiger partial charge in [0.05, 0.1) is 12.4 Å². The highest BCUT2D eigenvalue weighted by Crippen LogP contribution is 2.36. The molecule has 3 heterocycles. The van der Waals surface area contributed by atoms with E-state index in [4.69, 9.17) is 4.42 Å². The number of hydrogen-bond donors (Lipinski definition) is 2. The predicted octanol–water partition coefficient (Wildman–Crippen LogP) is 2.33. The van der Waals surface area contributed by atoms with Crippen LogP contribution in [-0.2, 0) is 0 Å². The van der Waals surface area contributed by atoms with E-state index in [9.17, 15) is 9.90 Å². The Morgan fingerprint density at radius 1 is 1.31 bits per heavy atom. The van der Waals surface area contributed by atoms with Crippen LogP contribution in [0.1, 0.15) is 53.7 Å². The Balaban J connectivity index is 1.35. The van der Waals surface area contributed by atoms with E-state index in [1.54, 1.807) is 12.1 Å². The van der Waals surface area contributed by atoms with Gasteiger partial charge in [-0.1, -0.05) is 0 Å². The molecule has 1 amide bonds. The van der Waals surface area contributed by atoms with Gasteiger partial charge in [0.2, 0.25) is 0 Å². The number of carbonyl (C=O) groups is 1. The number of amides is 1. The lowest BCUT2D eigenvalue weighted by Crippen LogP contribution is -2.42. The van der Waals surface area contributed by atoms with Crippen LogP contribution in [0.25, 0.3) is 0 Å². The Bertz CT molecular complexity index is 763. The van der Waals surface area contributed by atoms with Gasteiger partial charge in [0, 0.05) is 36.8 Å². The Labute approximate surface area is 152 Å². The van der Waals surface area contributed by atoms with Gasteiger partial charge >= 0.3 is 0 Å². The highest BCUT2D eigenvalue weighted by Gasteiger charge is 2.30. The SMILES string of the molecule is Cc1nc(NC2CCN(C(=O)c3ccco3)CC2)cc(C2CC(O)C2)n1. The van der Waals surface area contributed by atoms with E-state index >= 15 is 0 Å². The minimum absolute atomic E-state index is 0.0443. The predicted molar refractivity (Wildman–Crippen MR) is 96.0 cm³/mol. The highest BCUT2D eigenvalue weighted by atomic mass is 16.3. The van der Waals surface area contributed by atoms with Crippen LogP contribution < -0.4 is 5.32 Å². The van der Waals surface area contributed by atoms with Crippen LogP contribution in [-0.4, -0.2) is 51.1 Å². The van der Waals surface area contributed by atoms with Crippen molar-refractivity contribution in [3.05, 3.63) is 41.7 Å². The summed E-state index contributed by atoms with van der Waals surface area (Å²) in [4.78, 5) is 23.2. The molecule has 1 saturated carbocycles. The minimum Gasteiger partial charge on any atom is -0.459 e. The number of aryl methyl sites for hydroxylation is 1. The van der Waals surface area contributed by atoms with E-state index in [0.717, 1.165) is 43.0 Å². The van der Waals surface area contributed by atoms with Gasteiger partial charge in [0.25, 0.3) is 5.91 Å². The molecule has 7 nitrogen and oxygen atoms in total. The number of piperidine rings is 1. The molecule has 0 atom stereocenters. The fraction of sp³-hybridized carbons (Fsp3) is 0.526. The summed E-state index contributed by atoms with van der Waals surface area (Å²) < 4.78 is 5.20. The van der Waals surface area contributed by atoms with Crippen molar-refractivity contribution in [1.82, 2.24) is 14.9 Å². The van der Waals surface area contributed by atoms with Gasteiger partial charge in [0.1, 0.15) is 11.6 Å². The number of furan rings is 1. The molecule has 2 N–H and O–H groups in total. The maximum Gasteiger partial charge on any atom is 0.289 e. The molecule has 2 fully saturated rings. The van der Waals surface area contributed by atoms with Crippen molar-refractivity contribution in [1.29, 1.82) is 0 Å². The Hall–Kier alpha value is -2.41. The van der Waals surface area contributed by atoms with Crippen LogP contribution in [0, 0.1) is 6.92 Å². The third-order valence-electron chi connectivity index (χ3n) is 5.26. The van der Waals surface area contributed by atoms with E-state index in [1.165, 1.54) is 6.26 Å². The molecule has 2 aromatic rings. The molecular weight excluding hydrogens is 332 g/mol. The zero-order valence-electron chi connectivity index (χ0n) is 14.9. The number of aliphatic hydroxyl groups excluding tert-OH is 1. The standard InChI is InChI=1S/C19H24N4O3/c1-12-20-16(13-9-15(24)10-13)11-18(21-12)22-14-4-6-23(7-5-14)19(25)17-3-2-8-26-17/h2-3,8,11,13-15,24H,4-7,9-10H2,1H3,(H,20,21,22). The van der Waals surface area contributed by atoms with Gasteiger partial charge in [-0.05, 0) is 44.7 Å². The Kier molecular flexibility index (Phi) is 4.63.